The monoisotopic (exact) mass is 328 g/mol. The molecular weight excluding hydrogens is 315 g/mol. The second kappa shape index (κ2) is 5.51. The summed E-state index contributed by atoms with van der Waals surface area (Å²) in [5.41, 5.74) is -0.388. The summed E-state index contributed by atoms with van der Waals surface area (Å²) in [4.78, 5) is 1.07. The van der Waals surface area contributed by atoms with Gasteiger partial charge in [-0.3, -0.25) is 0 Å². The standard InChI is InChI=1S/C14H14BrFOS/c1-2-14(17,9-13-12(15)6-7-18-13)10-4-3-5-11(16)8-10/h3-8,17H,2,9H2,1H3. The molecule has 96 valence electrons. The number of rotatable bonds is 4. The molecule has 1 aromatic heterocycles. The summed E-state index contributed by atoms with van der Waals surface area (Å²) in [6.07, 6.45) is 1.03. The average molecular weight is 329 g/mol. The Morgan fingerprint density at radius 3 is 2.72 bits per heavy atom. The minimum Gasteiger partial charge on any atom is -0.385 e. The van der Waals surface area contributed by atoms with E-state index in [4.69, 9.17) is 0 Å². The Balaban J connectivity index is 2.33. The summed E-state index contributed by atoms with van der Waals surface area (Å²) in [5.74, 6) is -0.315. The molecule has 1 nitrogen and oxygen atoms in total. The highest BCUT2D eigenvalue weighted by atomic mass is 79.9. The Kier molecular flexibility index (Phi) is 4.20. The van der Waals surface area contributed by atoms with Gasteiger partial charge in [0.1, 0.15) is 5.82 Å². The minimum atomic E-state index is -1.02. The van der Waals surface area contributed by atoms with Crippen molar-refractivity contribution >= 4 is 27.3 Å². The van der Waals surface area contributed by atoms with Crippen LogP contribution in [0.4, 0.5) is 4.39 Å². The third-order valence-electron chi connectivity index (χ3n) is 3.09. The lowest BCUT2D eigenvalue weighted by Crippen LogP contribution is -2.27. The second-order valence-corrected chi connectivity index (χ2v) is 6.12. The first-order valence-corrected chi connectivity index (χ1v) is 7.43. The van der Waals surface area contributed by atoms with Gasteiger partial charge in [0.2, 0.25) is 0 Å². The SMILES string of the molecule is CCC(O)(Cc1sccc1Br)c1cccc(F)c1. The molecule has 0 fully saturated rings. The van der Waals surface area contributed by atoms with E-state index in [9.17, 15) is 9.50 Å². The summed E-state index contributed by atoms with van der Waals surface area (Å²) in [7, 11) is 0. The number of benzene rings is 1. The Labute approximate surface area is 118 Å². The normalized spacial score (nSPS) is 14.4. The van der Waals surface area contributed by atoms with Crippen molar-refractivity contribution in [2.75, 3.05) is 0 Å². The van der Waals surface area contributed by atoms with Gasteiger partial charge >= 0.3 is 0 Å². The average Bonchev–Trinajstić information content (AvgIpc) is 2.75. The van der Waals surface area contributed by atoms with Crippen LogP contribution in [-0.4, -0.2) is 5.11 Å². The molecule has 0 spiro atoms. The van der Waals surface area contributed by atoms with Crippen molar-refractivity contribution in [3.8, 4) is 0 Å². The molecule has 0 saturated carbocycles. The van der Waals surface area contributed by atoms with E-state index in [0.29, 0.717) is 18.4 Å². The van der Waals surface area contributed by atoms with Crippen molar-refractivity contribution in [2.45, 2.75) is 25.4 Å². The van der Waals surface area contributed by atoms with Crippen molar-refractivity contribution in [3.63, 3.8) is 0 Å². The molecule has 1 unspecified atom stereocenters. The van der Waals surface area contributed by atoms with Crippen LogP contribution in [0.1, 0.15) is 23.8 Å². The molecule has 1 atom stereocenters. The van der Waals surface area contributed by atoms with Gasteiger partial charge in [-0.05, 0) is 51.5 Å². The third-order valence-corrected chi connectivity index (χ3v) is 5.02. The Morgan fingerprint density at radius 1 is 1.39 bits per heavy atom. The maximum atomic E-state index is 13.3. The van der Waals surface area contributed by atoms with Crippen LogP contribution in [0.15, 0.2) is 40.2 Å². The van der Waals surface area contributed by atoms with Crippen molar-refractivity contribution < 1.29 is 9.50 Å². The van der Waals surface area contributed by atoms with Gasteiger partial charge in [-0.25, -0.2) is 4.39 Å². The lowest BCUT2D eigenvalue weighted by Gasteiger charge is -2.27. The number of halogens is 2. The lowest BCUT2D eigenvalue weighted by molar-refractivity contribution is 0.0331. The Hall–Kier alpha value is -0.710. The molecule has 1 heterocycles. The largest absolute Gasteiger partial charge is 0.385 e. The molecule has 2 rings (SSSR count). The zero-order valence-corrected chi connectivity index (χ0v) is 12.4. The van der Waals surface area contributed by atoms with Crippen LogP contribution in [-0.2, 0) is 12.0 Å². The Morgan fingerprint density at radius 2 is 2.17 bits per heavy atom. The van der Waals surface area contributed by atoms with Crippen molar-refractivity contribution in [2.24, 2.45) is 0 Å². The van der Waals surface area contributed by atoms with E-state index in [2.05, 4.69) is 15.9 Å². The van der Waals surface area contributed by atoms with Gasteiger partial charge in [0.15, 0.2) is 0 Å². The first kappa shape index (κ1) is 13.7. The fourth-order valence-corrected chi connectivity index (χ4v) is 3.52. The summed E-state index contributed by atoms with van der Waals surface area (Å²) in [6, 6.07) is 8.16. The summed E-state index contributed by atoms with van der Waals surface area (Å²) in [6.45, 7) is 1.91. The maximum Gasteiger partial charge on any atom is 0.123 e. The van der Waals surface area contributed by atoms with Gasteiger partial charge < -0.3 is 5.11 Å². The predicted molar refractivity (Wildman–Crippen MR) is 76.3 cm³/mol. The summed E-state index contributed by atoms with van der Waals surface area (Å²) < 4.78 is 14.3. The van der Waals surface area contributed by atoms with E-state index in [1.54, 1.807) is 23.5 Å². The highest BCUT2D eigenvalue weighted by Crippen LogP contribution is 2.34. The third kappa shape index (κ3) is 2.82. The van der Waals surface area contributed by atoms with Crippen LogP contribution >= 0.6 is 27.3 Å². The van der Waals surface area contributed by atoms with Gasteiger partial charge in [0, 0.05) is 15.8 Å². The molecule has 0 bridgehead atoms. The molecule has 0 radical (unpaired) electrons. The van der Waals surface area contributed by atoms with Crippen LogP contribution in [0.3, 0.4) is 0 Å². The van der Waals surface area contributed by atoms with E-state index >= 15 is 0 Å². The van der Waals surface area contributed by atoms with E-state index in [1.165, 1.54) is 12.1 Å². The van der Waals surface area contributed by atoms with Crippen LogP contribution in [0, 0.1) is 5.82 Å². The fourth-order valence-electron chi connectivity index (χ4n) is 1.93. The van der Waals surface area contributed by atoms with Crippen molar-refractivity contribution in [3.05, 3.63) is 56.4 Å². The van der Waals surface area contributed by atoms with Gasteiger partial charge in [0.25, 0.3) is 0 Å². The van der Waals surface area contributed by atoms with E-state index < -0.39 is 5.60 Å². The quantitative estimate of drug-likeness (QED) is 0.876. The minimum absolute atomic E-state index is 0.315. The van der Waals surface area contributed by atoms with Gasteiger partial charge in [-0.1, -0.05) is 19.1 Å². The van der Waals surface area contributed by atoms with E-state index in [-0.39, 0.29) is 5.82 Å². The van der Waals surface area contributed by atoms with Gasteiger partial charge in [0.05, 0.1) is 5.60 Å². The lowest BCUT2D eigenvalue weighted by atomic mass is 9.87. The summed E-state index contributed by atoms with van der Waals surface area (Å²) >= 11 is 5.05. The molecule has 1 aromatic carbocycles. The van der Waals surface area contributed by atoms with Gasteiger partial charge in [-0.2, -0.15) is 0 Å². The zero-order valence-electron chi connectivity index (χ0n) is 9.99. The number of thiophene rings is 1. The van der Waals surface area contributed by atoms with Crippen molar-refractivity contribution in [1.82, 2.24) is 0 Å². The molecule has 0 aliphatic heterocycles. The summed E-state index contributed by atoms with van der Waals surface area (Å²) in [5, 5.41) is 12.7. The molecule has 1 N–H and O–H groups in total. The highest BCUT2D eigenvalue weighted by Gasteiger charge is 2.29. The van der Waals surface area contributed by atoms with Crippen LogP contribution in [0.25, 0.3) is 0 Å². The molecule has 0 aliphatic carbocycles. The van der Waals surface area contributed by atoms with Crippen LogP contribution in [0.2, 0.25) is 0 Å². The molecule has 2 aromatic rings. The fraction of sp³-hybridized carbons (Fsp3) is 0.286. The van der Waals surface area contributed by atoms with E-state index in [1.807, 2.05) is 18.4 Å². The Bertz CT molecular complexity index is 540. The molecular formula is C14H14BrFOS. The predicted octanol–water partition coefficient (Wildman–Crippen LogP) is 4.49. The van der Waals surface area contributed by atoms with Crippen LogP contribution < -0.4 is 0 Å². The second-order valence-electron chi connectivity index (χ2n) is 4.26. The number of hydrogen-bond donors (Lipinski definition) is 1. The number of hydrogen-bond acceptors (Lipinski definition) is 2. The molecule has 18 heavy (non-hydrogen) atoms. The van der Waals surface area contributed by atoms with Crippen molar-refractivity contribution in [1.29, 1.82) is 0 Å². The first-order valence-electron chi connectivity index (χ1n) is 5.75. The molecule has 4 heteroatoms. The van der Waals surface area contributed by atoms with E-state index in [0.717, 1.165) is 9.35 Å². The number of aliphatic hydroxyl groups is 1. The van der Waals surface area contributed by atoms with Gasteiger partial charge in [-0.15, -0.1) is 11.3 Å². The zero-order chi connectivity index (χ0) is 13.2. The smallest absolute Gasteiger partial charge is 0.123 e. The highest BCUT2D eigenvalue weighted by molar-refractivity contribution is 9.10. The van der Waals surface area contributed by atoms with Crippen LogP contribution in [0.5, 0.6) is 0 Å². The molecule has 0 amide bonds. The molecule has 0 aliphatic rings. The molecule has 0 saturated heterocycles. The topological polar surface area (TPSA) is 20.2 Å². The first-order chi connectivity index (χ1) is 8.55. The maximum absolute atomic E-state index is 13.3.